The number of aliphatic hydroxyl groups excluding tert-OH is 1. The van der Waals surface area contributed by atoms with Crippen molar-refractivity contribution < 1.29 is 5.11 Å². The highest BCUT2D eigenvalue weighted by Crippen LogP contribution is 2.46. The first kappa shape index (κ1) is 9.66. The van der Waals surface area contributed by atoms with E-state index in [1.165, 1.54) is 12.8 Å². The summed E-state index contributed by atoms with van der Waals surface area (Å²) in [5.41, 5.74) is 1.03. The van der Waals surface area contributed by atoms with Crippen LogP contribution in [0.4, 0.5) is 0 Å². The van der Waals surface area contributed by atoms with Gasteiger partial charge in [-0.2, -0.15) is 0 Å². The number of nitrogens with zero attached hydrogens (tertiary/aromatic N) is 1. The van der Waals surface area contributed by atoms with Gasteiger partial charge in [-0.1, -0.05) is 25.8 Å². The molecule has 0 saturated heterocycles. The van der Waals surface area contributed by atoms with E-state index in [2.05, 4.69) is 11.9 Å². The van der Waals surface area contributed by atoms with Crippen molar-refractivity contribution in [2.45, 2.75) is 38.7 Å². The molecule has 14 heavy (non-hydrogen) atoms. The van der Waals surface area contributed by atoms with Gasteiger partial charge in [0.05, 0.1) is 6.10 Å². The summed E-state index contributed by atoms with van der Waals surface area (Å²) in [4.78, 5) is 4.05. The minimum absolute atomic E-state index is 0.0725. The van der Waals surface area contributed by atoms with Crippen LogP contribution in [0.5, 0.6) is 0 Å². The van der Waals surface area contributed by atoms with Crippen LogP contribution in [0.25, 0.3) is 0 Å². The van der Waals surface area contributed by atoms with E-state index in [1.807, 2.05) is 12.1 Å². The van der Waals surface area contributed by atoms with Crippen molar-refractivity contribution >= 4 is 0 Å². The van der Waals surface area contributed by atoms with Gasteiger partial charge in [0.2, 0.25) is 0 Å². The predicted octanol–water partition coefficient (Wildman–Crippen LogP) is 2.70. The van der Waals surface area contributed by atoms with Gasteiger partial charge in [-0.3, -0.25) is 4.98 Å². The van der Waals surface area contributed by atoms with Gasteiger partial charge in [0.1, 0.15) is 0 Å². The number of aliphatic hydroxyl groups is 1. The molecule has 0 amide bonds. The summed E-state index contributed by atoms with van der Waals surface area (Å²) in [6, 6.07) is 3.85. The molecule has 1 heterocycles. The minimum Gasteiger partial charge on any atom is -0.388 e. The van der Waals surface area contributed by atoms with Gasteiger partial charge in [0, 0.05) is 12.4 Å². The molecule has 2 nitrogen and oxygen atoms in total. The second-order valence-electron chi connectivity index (χ2n) is 4.55. The van der Waals surface area contributed by atoms with E-state index in [9.17, 15) is 5.11 Å². The van der Waals surface area contributed by atoms with Crippen LogP contribution < -0.4 is 0 Å². The molecule has 1 fully saturated rings. The lowest BCUT2D eigenvalue weighted by atomic mass is 9.80. The highest BCUT2D eigenvalue weighted by atomic mass is 16.3. The van der Waals surface area contributed by atoms with Crippen molar-refractivity contribution in [1.29, 1.82) is 0 Å². The first-order valence-corrected chi connectivity index (χ1v) is 5.30. The third-order valence-corrected chi connectivity index (χ3v) is 3.41. The van der Waals surface area contributed by atoms with Gasteiger partial charge in [0.15, 0.2) is 0 Å². The zero-order chi connectivity index (χ0) is 10.0. The summed E-state index contributed by atoms with van der Waals surface area (Å²) in [5.74, 6) is 0. The second-order valence-corrected chi connectivity index (χ2v) is 4.55. The Hall–Kier alpha value is -0.890. The van der Waals surface area contributed by atoms with Gasteiger partial charge in [0.25, 0.3) is 0 Å². The standard InChI is InChI=1S/C12H17NO/c1-12(6-2-3-7-12)11(14)10-5-4-8-13-9-10/h4-5,8-9,11,14H,2-3,6-7H2,1H3. The molecular weight excluding hydrogens is 174 g/mol. The lowest BCUT2D eigenvalue weighted by Gasteiger charge is -2.29. The summed E-state index contributed by atoms with van der Waals surface area (Å²) in [7, 11) is 0. The Morgan fingerprint density at radius 1 is 1.43 bits per heavy atom. The maximum atomic E-state index is 10.2. The lowest BCUT2D eigenvalue weighted by Crippen LogP contribution is -2.21. The molecule has 1 unspecified atom stereocenters. The maximum absolute atomic E-state index is 10.2. The Morgan fingerprint density at radius 3 is 2.71 bits per heavy atom. The van der Waals surface area contributed by atoms with Crippen LogP contribution in [0, 0.1) is 5.41 Å². The van der Waals surface area contributed by atoms with Gasteiger partial charge >= 0.3 is 0 Å². The van der Waals surface area contributed by atoms with E-state index in [4.69, 9.17) is 0 Å². The zero-order valence-corrected chi connectivity index (χ0v) is 8.61. The molecule has 1 saturated carbocycles. The van der Waals surface area contributed by atoms with Crippen LogP contribution in [0.1, 0.15) is 44.3 Å². The molecular formula is C12H17NO. The van der Waals surface area contributed by atoms with Crippen LogP contribution in [0.15, 0.2) is 24.5 Å². The molecule has 0 bridgehead atoms. The molecule has 0 aromatic carbocycles. The van der Waals surface area contributed by atoms with Gasteiger partial charge in [-0.25, -0.2) is 0 Å². The molecule has 1 aromatic rings. The molecule has 0 spiro atoms. The van der Waals surface area contributed by atoms with Crippen molar-refractivity contribution in [2.75, 3.05) is 0 Å². The van der Waals surface area contributed by atoms with Crippen molar-refractivity contribution in [1.82, 2.24) is 4.98 Å². The quantitative estimate of drug-likeness (QED) is 0.779. The van der Waals surface area contributed by atoms with Crippen LogP contribution >= 0.6 is 0 Å². The van der Waals surface area contributed by atoms with Crippen molar-refractivity contribution in [3.8, 4) is 0 Å². The van der Waals surface area contributed by atoms with E-state index >= 15 is 0 Å². The SMILES string of the molecule is CC1(C(O)c2cccnc2)CCCC1. The van der Waals surface area contributed by atoms with Crippen LogP contribution in [0.3, 0.4) is 0 Å². The Kier molecular flexibility index (Phi) is 2.55. The molecule has 1 aliphatic carbocycles. The third-order valence-electron chi connectivity index (χ3n) is 3.41. The van der Waals surface area contributed by atoms with E-state index in [1.54, 1.807) is 12.4 Å². The first-order chi connectivity index (χ1) is 6.72. The molecule has 2 heteroatoms. The van der Waals surface area contributed by atoms with E-state index in [-0.39, 0.29) is 11.5 Å². The summed E-state index contributed by atoms with van der Waals surface area (Å²) >= 11 is 0. The Bertz CT molecular complexity index is 290. The molecule has 1 aliphatic rings. The molecule has 0 radical (unpaired) electrons. The molecule has 1 atom stereocenters. The average molecular weight is 191 g/mol. The van der Waals surface area contributed by atoms with E-state index < -0.39 is 0 Å². The summed E-state index contributed by atoms with van der Waals surface area (Å²) < 4.78 is 0. The predicted molar refractivity (Wildman–Crippen MR) is 55.8 cm³/mol. The van der Waals surface area contributed by atoms with Crippen LogP contribution in [-0.4, -0.2) is 10.1 Å². The van der Waals surface area contributed by atoms with E-state index in [0.717, 1.165) is 18.4 Å². The summed E-state index contributed by atoms with van der Waals surface area (Å²) in [6.07, 6.45) is 7.91. The normalized spacial score (nSPS) is 22.1. The molecule has 1 aromatic heterocycles. The zero-order valence-electron chi connectivity index (χ0n) is 8.61. The summed E-state index contributed by atoms with van der Waals surface area (Å²) in [6.45, 7) is 2.18. The number of hydrogen-bond acceptors (Lipinski definition) is 2. The lowest BCUT2D eigenvalue weighted by molar-refractivity contribution is 0.0405. The van der Waals surface area contributed by atoms with Crippen LogP contribution in [-0.2, 0) is 0 Å². The van der Waals surface area contributed by atoms with Gasteiger partial charge in [-0.05, 0) is 29.9 Å². The number of rotatable bonds is 2. The highest BCUT2D eigenvalue weighted by molar-refractivity contribution is 5.15. The average Bonchev–Trinajstić information content (AvgIpc) is 2.67. The fourth-order valence-corrected chi connectivity index (χ4v) is 2.40. The molecule has 0 aliphatic heterocycles. The largest absolute Gasteiger partial charge is 0.388 e. The molecule has 76 valence electrons. The van der Waals surface area contributed by atoms with Crippen molar-refractivity contribution in [2.24, 2.45) is 5.41 Å². The fraction of sp³-hybridized carbons (Fsp3) is 0.583. The minimum atomic E-state index is -0.348. The van der Waals surface area contributed by atoms with Gasteiger partial charge < -0.3 is 5.11 Å². The summed E-state index contributed by atoms with van der Waals surface area (Å²) in [5, 5.41) is 10.2. The smallest absolute Gasteiger partial charge is 0.0858 e. The number of hydrogen-bond donors (Lipinski definition) is 1. The number of pyridine rings is 1. The Balaban J connectivity index is 2.19. The van der Waals surface area contributed by atoms with E-state index in [0.29, 0.717) is 0 Å². The molecule has 1 N–H and O–H groups in total. The monoisotopic (exact) mass is 191 g/mol. The fourth-order valence-electron chi connectivity index (χ4n) is 2.40. The van der Waals surface area contributed by atoms with Crippen molar-refractivity contribution in [3.63, 3.8) is 0 Å². The van der Waals surface area contributed by atoms with Crippen LogP contribution in [0.2, 0.25) is 0 Å². The topological polar surface area (TPSA) is 33.1 Å². The first-order valence-electron chi connectivity index (χ1n) is 5.30. The molecule has 2 rings (SSSR count). The Morgan fingerprint density at radius 2 is 2.14 bits per heavy atom. The van der Waals surface area contributed by atoms with Crippen molar-refractivity contribution in [3.05, 3.63) is 30.1 Å². The number of aromatic nitrogens is 1. The second kappa shape index (κ2) is 3.70. The third kappa shape index (κ3) is 1.67. The Labute approximate surface area is 85.0 Å². The van der Waals surface area contributed by atoms with Gasteiger partial charge in [-0.15, -0.1) is 0 Å². The maximum Gasteiger partial charge on any atom is 0.0858 e. The highest BCUT2D eigenvalue weighted by Gasteiger charge is 2.36.